The number of benzene rings is 2. The van der Waals surface area contributed by atoms with Gasteiger partial charge in [-0.1, -0.05) is 49.6 Å². The minimum atomic E-state index is -0.268. The number of rotatable bonds is 7. The summed E-state index contributed by atoms with van der Waals surface area (Å²) >= 11 is 0. The van der Waals surface area contributed by atoms with E-state index in [2.05, 4.69) is 10.6 Å². The minimum Gasteiger partial charge on any atom is -0.355 e. The zero-order valence-corrected chi connectivity index (χ0v) is 16.9. The predicted octanol–water partition coefficient (Wildman–Crippen LogP) is 4.35. The molecule has 1 saturated carbocycles. The van der Waals surface area contributed by atoms with E-state index in [4.69, 9.17) is 0 Å². The average Bonchev–Trinajstić information content (AvgIpc) is 2.74. The Morgan fingerprint density at radius 1 is 1.00 bits per heavy atom. The van der Waals surface area contributed by atoms with E-state index in [1.807, 2.05) is 37.3 Å². The maximum Gasteiger partial charge on any atom is 0.251 e. The highest BCUT2D eigenvalue weighted by molar-refractivity contribution is 5.94. The van der Waals surface area contributed by atoms with Gasteiger partial charge in [0, 0.05) is 30.0 Å². The lowest BCUT2D eigenvalue weighted by Crippen LogP contribution is -2.44. The van der Waals surface area contributed by atoms with Crippen molar-refractivity contribution in [1.82, 2.24) is 10.6 Å². The first kappa shape index (κ1) is 21.0. The van der Waals surface area contributed by atoms with E-state index in [0.29, 0.717) is 12.1 Å². The van der Waals surface area contributed by atoms with Crippen molar-refractivity contribution in [3.05, 3.63) is 71.5 Å². The van der Waals surface area contributed by atoms with Crippen LogP contribution in [0.4, 0.5) is 4.39 Å². The molecule has 1 aliphatic rings. The molecule has 4 nitrogen and oxygen atoms in total. The molecule has 0 heterocycles. The fourth-order valence-corrected chi connectivity index (χ4v) is 4.17. The number of carbonyl (C=O) groups excluding carboxylic acids is 2. The van der Waals surface area contributed by atoms with E-state index in [-0.39, 0.29) is 35.5 Å². The number of nitrogens with one attached hydrogen (secondary N) is 2. The molecule has 0 saturated heterocycles. The van der Waals surface area contributed by atoms with E-state index in [0.717, 1.165) is 31.2 Å². The van der Waals surface area contributed by atoms with Crippen LogP contribution in [0, 0.1) is 5.82 Å². The second-order valence-electron chi connectivity index (χ2n) is 8.07. The highest BCUT2D eigenvalue weighted by atomic mass is 19.1. The molecule has 2 N–H and O–H groups in total. The van der Waals surface area contributed by atoms with Crippen LogP contribution < -0.4 is 10.6 Å². The van der Waals surface area contributed by atoms with E-state index in [9.17, 15) is 14.0 Å². The van der Waals surface area contributed by atoms with Crippen LogP contribution in [0.15, 0.2) is 54.6 Å². The number of amides is 2. The molecule has 29 heavy (non-hydrogen) atoms. The molecule has 0 radical (unpaired) electrons. The Bertz CT molecular complexity index is 815. The van der Waals surface area contributed by atoms with Gasteiger partial charge in [-0.25, -0.2) is 4.39 Å². The molecule has 2 aromatic rings. The van der Waals surface area contributed by atoms with Crippen molar-refractivity contribution < 1.29 is 14.0 Å². The molecule has 1 atom stereocenters. The van der Waals surface area contributed by atoms with Crippen molar-refractivity contribution >= 4 is 11.8 Å². The van der Waals surface area contributed by atoms with Gasteiger partial charge in [0.25, 0.3) is 5.91 Å². The van der Waals surface area contributed by atoms with Crippen molar-refractivity contribution in [2.75, 3.05) is 6.54 Å². The SMILES string of the molecule is CC(CC(=O)NCC1(c2ccc(F)cc2)CCCCC1)NC(=O)c1ccccc1. The van der Waals surface area contributed by atoms with Gasteiger partial charge in [-0.3, -0.25) is 9.59 Å². The van der Waals surface area contributed by atoms with Crippen LogP contribution in [-0.2, 0) is 10.2 Å². The van der Waals surface area contributed by atoms with Crippen molar-refractivity contribution in [1.29, 1.82) is 0 Å². The summed E-state index contributed by atoms with van der Waals surface area (Å²) in [5.41, 5.74) is 1.53. The van der Waals surface area contributed by atoms with Crippen LogP contribution in [0.25, 0.3) is 0 Å². The lowest BCUT2D eigenvalue weighted by atomic mass is 9.69. The lowest BCUT2D eigenvalue weighted by molar-refractivity contribution is -0.121. The lowest BCUT2D eigenvalue weighted by Gasteiger charge is -2.38. The van der Waals surface area contributed by atoms with E-state index in [1.54, 1.807) is 12.1 Å². The molecule has 1 fully saturated rings. The van der Waals surface area contributed by atoms with Crippen molar-refractivity contribution in [2.45, 2.75) is 56.9 Å². The number of hydrogen-bond acceptors (Lipinski definition) is 2. The quantitative estimate of drug-likeness (QED) is 0.731. The van der Waals surface area contributed by atoms with E-state index in [1.165, 1.54) is 18.6 Å². The zero-order valence-electron chi connectivity index (χ0n) is 16.9. The molecular formula is C24H29FN2O2. The maximum absolute atomic E-state index is 13.4. The molecule has 0 spiro atoms. The van der Waals surface area contributed by atoms with Crippen LogP contribution in [-0.4, -0.2) is 24.4 Å². The third-order valence-electron chi connectivity index (χ3n) is 5.80. The molecule has 5 heteroatoms. The summed E-state index contributed by atoms with van der Waals surface area (Å²) in [6.45, 7) is 2.37. The molecular weight excluding hydrogens is 367 g/mol. The molecule has 154 valence electrons. The Hall–Kier alpha value is -2.69. The predicted molar refractivity (Wildman–Crippen MR) is 112 cm³/mol. The summed E-state index contributed by atoms with van der Waals surface area (Å²) in [4.78, 5) is 24.8. The third-order valence-corrected chi connectivity index (χ3v) is 5.80. The van der Waals surface area contributed by atoms with Gasteiger partial charge < -0.3 is 10.6 Å². The third kappa shape index (κ3) is 5.66. The summed E-state index contributed by atoms with van der Waals surface area (Å²) < 4.78 is 13.4. The van der Waals surface area contributed by atoms with Gasteiger partial charge >= 0.3 is 0 Å². The van der Waals surface area contributed by atoms with Gasteiger partial charge in [-0.05, 0) is 49.6 Å². The van der Waals surface area contributed by atoms with Crippen molar-refractivity contribution in [3.8, 4) is 0 Å². The van der Waals surface area contributed by atoms with E-state index < -0.39 is 0 Å². The minimum absolute atomic E-state index is 0.0853. The van der Waals surface area contributed by atoms with Crippen LogP contribution in [0.5, 0.6) is 0 Å². The number of halogens is 1. The van der Waals surface area contributed by atoms with Crippen LogP contribution in [0.2, 0.25) is 0 Å². The van der Waals surface area contributed by atoms with Gasteiger partial charge in [0.2, 0.25) is 5.91 Å². The molecule has 0 aromatic heterocycles. The Labute approximate surface area is 171 Å². The smallest absolute Gasteiger partial charge is 0.251 e. The van der Waals surface area contributed by atoms with Gasteiger partial charge in [-0.15, -0.1) is 0 Å². The van der Waals surface area contributed by atoms with Crippen LogP contribution >= 0.6 is 0 Å². The Balaban J connectivity index is 1.56. The average molecular weight is 397 g/mol. The molecule has 0 bridgehead atoms. The fraction of sp³-hybridized carbons (Fsp3) is 0.417. The van der Waals surface area contributed by atoms with Crippen LogP contribution in [0.1, 0.15) is 61.4 Å². The molecule has 3 rings (SSSR count). The molecule has 0 aliphatic heterocycles. The highest BCUT2D eigenvalue weighted by Crippen LogP contribution is 2.39. The highest BCUT2D eigenvalue weighted by Gasteiger charge is 2.34. The van der Waals surface area contributed by atoms with E-state index >= 15 is 0 Å². The normalized spacial score (nSPS) is 16.6. The topological polar surface area (TPSA) is 58.2 Å². The molecule has 1 unspecified atom stereocenters. The van der Waals surface area contributed by atoms with Gasteiger partial charge in [-0.2, -0.15) is 0 Å². The van der Waals surface area contributed by atoms with Gasteiger partial charge in [0.05, 0.1) is 0 Å². The largest absolute Gasteiger partial charge is 0.355 e. The summed E-state index contributed by atoms with van der Waals surface area (Å²) in [5, 5.41) is 5.94. The number of hydrogen-bond donors (Lipinski definition) is 2. The van der Waals surface area contributed by atoms with Crippen molar-refractivity contribution in [2.24, 2.45) is 0 Å². The monoisotopic (exact) mass is 396 g/mol. The number of carbonyl (C=O) groups is 2. The fourth-order valence-electron chi connectivity index (χ4n) is 4.17. The van der Waals surface area contributed by atoms with Crippen molar-refractivity contribution in [3.63, 3.8) is 0 Å². The zero-order chi connectivity index (χ0) is 20.7. The maximum atomic E-state index is 13.4. The Morgan fingerprint density at radius 3 is 2.31 bits per heavy atom. The molecule has 1 aliphatic carbocycles. The first-order valence-electron chi connectivity index (χ1n) is 10.4. The summed E-state index contributed by atoms with van der Waals surface area (Å²) in [6.07, 6.45) is 5.60. The summed E-state index contributed by atoms with van der Waals surface area (Å²) in [6, 6.07) is 15.4. The molecule has 2 aromatic carbocycles. The first-order valence-corrected chi connectivity index (χ1v) is 10.4. The van der Waals surface area contributed by atoms with Gasteiger partial charge in [0.15, 0.2) is 0 Å². The summed E-state index contributed by atoms with van der Waals surface area (Å²) in [5.74, 6) is -0.509. The molecule has 2 amide bonds. The Kier molecular flexibility index (Phi) is 7.02. The second kappa shape index (κ2) is 9.68. The van der Waals surface area contributed by atoms with Gasteiger partial charge in [0.1, 0.15) is 5.82 Å². The summed E-state index contributed by atoms with van der Waals surface area (Å²) in [7, 11) is 0. The second-order valence-corrected chi connectivity index (χ2v) is 8.07. The van der Waals surface area contributed by atoms with Crippen LogP contribution in [0.3, 0.4) is 0 Å². The first-order chi connectivity index (χ1) is 14.0. The standard InChI is InChI=1S/C24H29FN2O2/c1-18(27-23(29)19-8-4-2-5-9-19)16-22(28)26-17-24(14-6-3-7-15-24)20-10-12-21(25)13-11-20/h2,4-5,8-13,18H,3,6-7,14-17H2,1H3,(H,26,28)(H,27,29). The Morgan fingerprint density at radius 2 is 1.66 bits per heavy atom.